The largest absolute Gasteiger partial charge is 0.393 e. The average molecular weight is 262 g/mol. The smallest absolute Gasteiger partial charge is 0.255 e. The number of aliphatic hydroxyl groups is 2. The molecule has 0 aliphatic heterocycles. The lowest BCUT2D eigenvalue weighted by atomic mass is 10.1. The summed E-state index contributed by atoms with van der Waals surface area (Å²) in [5.41, 5.74) is -1.73. The highest BCUT2D eigenvalue weighted by atomic mass is 35.5. The van der Waals surface area contributed by atoms with E-state index in [2.05, 4.69) is 5.32 Å². The van der Waals surface area contributed by atoms with E-state index in [-0.39, 0.29) is 17.1 Å². The maximum atomic E-state index is 13.3. The molecule has 0 spiro atoms. The summed E-state index contributed by atoms with van der Waals surface area (Å²) in [7, 11) is 0. The first kappa shape index (κ1) is 13.9. The summed E-state index contributed by atoms with van der Waals surface area (Å²) >= 11 is 5.70. The molecule has 0 saturated carbocycles. The van der Waals surface area contributed by atoms with E-state index in [0.717, 1.165) is 6.07 Å². The highest BCUT2D eigenvalue weighted by molar-refractivity contribution is 6.33. The minimum atomic E-state index is -1.45. The summed E-state index contributed by atoms with van der Waals surface area (Å²) in [6, 6.07) is 3.90. The van der Waals surface area contributed by atoms with Crippen molar-refractivity contribution in [3.05, 3.63) is 34.6 Å². The van der Waals surface area contributed by atoms with Gasteiger partial charge in [0.2, 0.25) is 0 Å². The molecule has 0 heterocycles. The van der Waals surface area contributed by atoms with Gasteiger partial charge >= 0.3 is 0 Å². The average Bonchev–Trinajstić information content (AvgIpc) is 2.26. The van der Waals surface area contributed by atoms with Gasteiger partial charge in [0.25, 0.3) is 5.91 Å². The SMILES string of the molecule is CC(O)(CO)CNC(=O)c1c(F)cccc1Cl. The maximum Gasteiger partial charge on any atom is 0.255 e. The Morgan fingerprint density at radius 2 is 2.24 bits per heavy atom. The molecule has 1 atom stereocenters. The topological polar surface area (TPSA) is 69.6 Å². The van der Waals surface area contributed by atoms with E-state index in [1.165, 1.54) is 19.1 Å². The third-order valence-electron chi connectivity index (χ3n) is 2.16. The summed E-state index contributed by atoms with van der Waals surface area (Å²) in [5, 5.41) is 20.5. The summed E-state index contributed by atoms with van der Waals surface area (Å²) in [4.78, 5) is 11.6. The van der Waals surface area contributed by atoms with Crippen LogP contribution in [-0.4, -0.2) is 34.9 Å². The van der Waals surface area contributed by atoms with Crippen LogP contribution in [0.15, 0.2) is 18.2 Å². The van der Waals surface area contributed by atoms with Crippen LogP contribution >= 0.6 is 11.6 Å². The molecule has 6 heteroatoms. The summed E-state index contributed by atoms with van der Waals surface area (Å²) in [6.45, 7) is 0.627. The Kier molecular flexibility index (Phi) is 4.45. The highest BCUT2D eigenvalue weighted by Gasteiger charge is 2.22. The summed E-state index contributed by atoms with van der Waals surface area (Å²) in [6.07, 6.45) is 0. The number of carbonyl (C=O) groups excluding carboxylic acids is 1. The number of hydrogen-bond acceptors (Lipinski definition) is 3. The predicted molar refractivity (Wildman–Crippen MR) is 61.5 cm³/mol. The van der Waals surface area contributed by atoms with E-state index in [1.54, 1.807) is 0 Å². The number of rotatable bonds is 4. The third-order valence-corrected chi connectivity index (χ3v) is 2.48. The van der Waals surface area contributed by atoms with Crippen molar-refractivity contribution in [3.63, 3.8) is 0 Å². The van der Waals surface area contributed by atoms with Crippen molar-refractivity contribution in [3.8, 4) is 0 Å². The Morgan fingerprint density at radius 1 is 1.59 bits per heavy atom. The Morgan fingerprint density at radius 3 is 2.76 bits per heavy atom. The zero-order chi connectivity index (χ0) is 13.1. The van der Waals surface area contributed by atoms with Crippen LogP contribution in [0.3, 0.4) is 0 Å². The molecular weight excluding hydrogens is 249 g/mol. The van der Waals surface area contributed by atoms with Gasteiger partial charge in [0.05, 0.1) is 17.2 Å². The van der Waals surface area contributed by atoms with Gasteiger partial charge in [-0.3, -0.25) is 4.79 Å². The lowest BCUT2D eigenvalue weighted by Crippen LogP contribution is -2.43. The molecule has 0 aromatic heterocycles. The van der Waals surface area contributed by atoms with E-state index in [4.69, 9.17) is 16.7 Å². The molecule has 1 aromatic carbocycles. The van der Waals surface area contributed by atoms with Gasteiger partial charge in [0, 0.05) is 6.54 Å². The lowest BCUT2D eigenvalue weighted by Gasteiger charge is -2.20. The fourth-order valence-electron chi connectivity index (χ4n) is 1.13. The van der Waals surface area contributed by atoms with Crippen LogP contribution in [0.25, 0.3) is 0 Å². The van der Waals surface area contributed by atoms with Crippen LogP contribution in [0.4, 0.5) is 4.39 Å². The standard InChI is InChI=1S/C11H13ClFNO3/c1-11(17,6-15)5-14-10(16)9-7(12)3-2-4-8(9)13/h2-4,15,17H,5-6H2,1H3,(H,14,16). The maximum absolute atomic E-state index is 13.3. The van der Waals surface area contributed by atoms with Crippen molar-refractivity contribution >= 4 is 17.5 Å². The fourth-order valence-corrected chi connectivity index (χ4v) is 1.38. The van der Waals surface area contributed by atoms with Gasteiger partial charge in [-0.1, -0.05) is 17.7 Å². The predicted octanol–water partition coefficient (Wildman–Crippen LogP) is 0.952. The molecule has 1 amide bonds. The number of amides is 1. The molecule has 0 aliphatic rings. The van der Waals surface area contributed by atoms with Gasteiger partial charge in [-0.15, -0.1) is 0 Å². The molecular formula is C11H13ClFNO3. The Labute approximate surface area is 103 Å². The number of benzene rings is 1. The van der Waals surface area contributed by atoms with E-state index >= 15 is 0 Å². The van der Waals surface area contributed by atoms with Gasteiger partial charge in [-0.2, -0.15) is 0 Å². The molecule has 0 bridgehead atoms. The van der Waals surface area contributed by atoms with E-state index in [9.17, 15) is 14.3 Å². The van der Waals surface area contributed by atoms with Crippen molar-refractivity contribution in [2.24, 2.45) is 0 Å². The molecule has 94 valence electrons. The first-order valence-corrected chi connectivity index (χ1v) is 5.30. The number of carbonyl (C=O) groups is 1. The number of hydrogen-bond donors (Lipinski definition) is 3. The molecule has 0 saturated heterocycles. The minimum Gasteiger partial charge on any atom is -0.393 e. The third kappa shape index (κ3) is 3.66. The van der Waals surface area contributed by atoms with Gasteiger partial charge in [0.15, 0.2) is 0 Å². The van der Waals surface area contributed by atoms with Crippen molar-refractivity contribution in [1.29, 1.82) is 0 Å². The quantitative estimate of drug-likeness (QED) is 0.756. The van der Waals surface area contributed by atoms with Crippen LogP contribution in [0.1, 0.15) is 17.3 Å². The normalized spacial score (nSPS) is 14.2. The zero-order valence-corrected chi connectivity index (χ0v) is 9.96. The first-order valence-electron chi connectivity index (χ1n) is 4.93. The molecule has 0 fully saturated rings. The second-order valence-electron chi connectivity index (χ2n) is 3.93. The molecule has 4 nitrogen and oxygen atoms in total. The Balaban J connectivity index is 2.78. The molecule has 17 heavy (non-hydrogen) atoms. The Bertz CT molecular complexity index is 403. The first-order chi connectivity index (χ1) is 7.87. The second kappa shape index (κ2) is 5.44. The second-order valence-corrected chi connectivity index (χ2v) is 4.34. The van der Waals surface area contributed by atoms with Crippen LogP contribution < -0.4 is 5.32 Å². The molecule has 1 rings (SSSR count). The van der Waals surface area contributed by atoms with Gasteiger partial charge < -0.3 is 15.5 Å². The van der Waals surface area contributed by atoms with Crippen LogP contribution in [0.2, 0.25) is 5.02 Å². The van der Waals surface area contributed by atoms with Crippen LogP contribution in [0.5, 0.6) is 0 Å². The minimum absolute atomic E-state index is 0.00820. The molecule has 1 aromatic rings. The van der Waals surface area contributed by atoms with Gasteiger partial charge in [-0.05, 0) is 19.1 Å². The molecule has 0 aliphatic carbocycles. The Hall–Kier alpha value is -1.17. The summed E-state index contributed by atoms with van der Waals surface area (Å²) in [5.74, 6) is -1.47. The van der Waals surface area contributed by atoms with Crippen LogP contribution in [-0.2, 0) is 0 Å². The molecule has 0 radical (unpaired) electrons. The van der Waals surface area contributed by atoms with Crippen molar-refractivity contribution in [2.45, 2.75) is 12.5 Å². The van der Waals surface area contributed by atoms with Crippen LogP contribution in [0, 0.1) is 5.82 Å². The van der Waals surface area contributed by atoms with E-state index in [0.29, 0.717) is 0 Å². The van der Waals surface area contributed by atoms with Crippen molar-refractivity contribution < 1.29 is 19.4 Å². The zero-order valence-electron chi connectivity index (χ0n) is 9.20. The van der Waals surface area contributed by atoms with Gasteiger partial charge in [-0.25, -0.2) is 4.39 Å². The number of halogens is 2. The monoisotopic (exact) mass is 261 g/mol. The molecule has 3 N–H and O–H groups in total. The van der Waals surface area contributed by atoms with Crippen molar-refractivity contribution in [1.82, 2.24) is 5.32 Å². The molecule has 1 unspecified atom stereocenters. The lowest BCUT2D eigenvalue weighted by molar-refractivity contribution is 0.00317. The number of nitrogens with one attached hydrogen (secondary N) is 1. The number of aliphatic hydroxyl groups excluding tert-OH is 1. The van der Waals surface area contributed by atoms with E-state index in [1.807, 2.05) is 0 Å². The van der Waals surface area contributed by atoms with E-state index < -0.39 is 23.9 Å². The van der Waals surface area contributed by atoms with Crippen molar-refractivity contribution in [2.75, 3.05) is 13.2 Å². The fraction of sp³-hybridized carbons (Fsp3) is 0.364. The summed E-state index contributed by atoms with van der Waals surface area (Å²) < 4.78 is 13.3. The van der Waals surface area contributed by atoms with Gasteiger partial charge in [0.1, 0.15) is 11.4 Å². The highest BCUT2D eigenvalue weighted by Crippen LogP contribution is 2.18.